The minimum absolute atomic E-state index is 0.0724. The molecule has 21 heavy (non-hydrogen) atoms. The molecular weight excluding hydrogens is 270 g/mol. The molecule has 0 aliphatic carbocycles. The third kappa shape index (κ3) is 6.80. The Morgan fingerprint density at radius 1 is 1.24 bits per heavy atom. The van der Waals surface area contributed by atoms with E-state index in [1.165, 1.54) is 0 Å². The van der Waals surface area contributed by atoms with Crippen molar-refractivity contribution in [1.82, 2.24) is 15.1 Å². The molecule has 0 saturated carbocycles. The highest BCUT2D eigenvalue weighted by Gasteiger charge is 2.25. The van der Waals surface area contributed by atoms with Crippen molar-refractivity contribution in [3.05, 3.63) is 0 Å². The average molecular weight is 299 g/mol. The lowest BCUT2D eigenvalue weighted by Gasteiger charge is -2.26. The van der Waals surface area contributed by atoms with Crippen molar-refractivity contribution in [1.29, 1.82) is 0 Å². The highest BCUT2D eigenvalue weighted by molar-refractivity contribution is 5.77. The first-order valence-corrected chi connectivity index (χ1v) is 7.60. The van der Waals surface area contributed by atoms with Gasteiger partial charge in [0.2, 0.25) is 5.91 Å². The zero-order chi connectivity index (χ0) is 16.0. The molecule has 6 heteroatoms. The maximum absolute atomic E-state index is 12.1. The van der Waals surface area contributed by atoms with Gasteiger partial charge >= 0.3 is 6.09 Å². The van der Waals surface area contributed by atoms with Gasteiger partial charge in [0, 0.05) is 33.2 Å². The lowest BCUT2D eigenvalue weighted by molar-refractivity contribution is -0.127. The summed E-state index contributed by atoms with van der Waals surface area (Å²) < 4.78 is 5.40. The van der Waals surface area contributed by atoms with Crippen molar-refractivity contribution in [3.8, 4) is 0 Å². The summed E-state index contributed by atoms with van der Waals surface area (Å²) in [7, 11) is 3.50. The molecule has 0 bridgehead atoms. The first-order chi connectivity index (χ1) is 9.69. The standard InChI is InChI=1S/C15H29N3O3/c1-15(2,3)21-14(20)18-9-6-7-12(8-10-18)16-11-13(19)17(4)5/h12,16H,6-11H2,1-5H3. The van der Waals surface area contributed by atoms with E-state index in [-0.39, 0.29) is 18.0 Å². The van der Waals surface area contributed by atoms with Crippen LogP contribution in [0.2, 0.25) is 0 Å². The molecule has 1 aliphatic rings. The molecule has 0 aromatic rings. The van der Waals surface area contributed by atoms with Gasteiger partial charge in [-0.25, -0.2) is 4.79 Å². The molecule has 122 valence electrons. The molecule has 1 rings (SSSR count). The number of nitrogens with zero attached hydrogens (tertiary/aromatic N) is 2. The van der Waals surface area contributed by atoms with Crippen LogP contribution in [-0.4, -0.2) is 67.2 Å². The van der Waals surface area contributed by atoms with Gasteiger partial charge in [0.05, 0.1) is 6.54 Å². The van der Waals surface area contributed by atoms with Crippen molar-refractivity contribution < 1.29 is 14.3 Å². The molecule has 2 amide bonds. The van der Waals surface area contributed by atoms with E-state index in [0.717, 1.165) is 19.3 Å². The van der Waals surface area contributed by atoms with Crippen molar-refractivity contribution in [2.24, 2.45) is 0 Å². The Kier molecular flexibility index (Phi) is 6.45. The van der Waals surface area contributed by atoms with E-state index in [0.29, 0.717) is 19.6 Å². The average Bonchev–Trinajstić information content (AvgIpc) is 2.59. The van der Waals surface area contributed by atoms with E-state index in [1.54, 1.807) is 23.9 Å². The van der Waals surface area contributed by atoms with E-state index < -0.39 is 5.60 Å². The minimum Gasteiger partial charge on any atom is -0.444 e. The lowest BCUT2D eigenvalue weighted by atomic mass is 10.1. The van der Waals surface area contributed by atoms with Gasteiger partial charge in [-0.2, -0.15) is 0 Å². The largest absolute Gasteiger partial charge is 0.444 e. The third-order valence-electron chi connectivity index (χ3n) is 3.42. The van der Waals surface area contributed by atoms with Crippen LogP contribution in [0.1, 0.15) is 40.0 Å². The van der Waals surface area contributed by atoms with Crippen LogP contribution in [0.15, 0.2) is 0 Å². The molecule has 1 unspecified atom stereocenters. The highest BCUT2D eigenvalue weighted by Crippen LogP contribution is 2.15. The van der Waals surface area contributed by atoms with Gasteiger partial charge in [0.25, 0.3) is 0 Å². The number of likely N-dealkylation sites (N-methyl/N-ethyl adjacent to an activating group) is 1. The normalized spacial score (nSPS) is 19.9. The van der Waals surface area contributed by atoms with E-state index in [4.69, 9.17) is 4.74 Å². The quantitative estimate of drug-likeness (QED) is 0.857. The molecule has 1 fully saturated rings. The second kappa shape index (κ2) is 7.64. The first-order valence-electron chi connectivity index (χ1n) is 7.60. The van der Waals surface area contributed by atoms with Crippen LogP contribution in [-0.2, 0) is 9.53 Å². The third-order valence-corrected chi connectivity index (χ3v) is 3.42. The molecule has 1 heterocycles. The van der Waals surface area contributed by atoms with Gasteiger partial charge in [-0.05, 0) is 40.0 Å². The fourth-order valence-corrected chi connectivity index (χ4v) is 2.20. The summed E-state index contributed by atoms with van der Waals surface area (Å²) in [4.78, 5) is 27.0. The van der Waals surface area contributed by atoms with E-state index >= 15 is 0 Å². The molecule has 1 N–H and O–H groups in total. The summed E-state index contributed by atoms with van der Waals surface area (Å²) in [5.41, 5.74) is -0.459. The molecule has 1 aliphatic heterocycles. The molecule has 0 aromatic heterocycles. The molecule has 0 radical (unpaired) electrons. The molecule has 1 atom stereocenters. The SMILES string of the molecule is CN(C)C(=O)CNC1CCCN(C(=O)OC(C)(C)C)CC1. The maximum atomic E-state index is 12.1. The number of nitrogens with one attached hydrogen (secondary N) is 1. The number of hydrogen-bond acceptors (Lipinski definition) is 4. The monoisotopic (exact) mass is 299 g/mol. The van der Waals surface area contributed by atoms with Gasteiger partial charge in [-0.3, -0.25) is 4.79 Å². The fraction of sp³-hybridized carbons (Fsp3) is 0.867. The van der Waals surface area contributed by atoms with Gasteiger partial charge in [-0.1, -0.05) is 0 Å². The molecular formula is C15H29N3O3. The van der Waals surface area contributed by atoms with Gasteiger partial charge in [0.15, 0.2) is 0 Å². The van der Waals surface area contributed by atoms with Gasteiger partial charge < -0.3 is 19.9 Å². The Morgan fingerprint density at radius 2 is 1.90 bits per heavy atom. The number of carbonyl (C=O) groups excluding carboxylic acids is 2. The summed E-state index contributed by atoms with van der Waals surface area (Å²) in [6.45, 7) is 7.36. The molecule has 1 saturated heterocycles. The van der Waals surface area contributed by atoms with Crippen molar-refractivity contribution in [2.45, 2.75) is 51.7 Å². The molecule has 0 spiro atoms. The molecule has 0 aromatic carbocycles. The number of ether oxygens (including phenoxy) is 1. The Hall–Kier alpha value is -1.30. The number of hydrogen-bond donors (Lipinski definition) is 1. The zero-order valence-electron chi connectivity index (χ0n) is 13.9. The van der Waals surface area contributed by atoms with Crippen molar-refractivity contribution in [3.63, 3.8) is 0 Å². The highest BCUT2D eigenvalue weighted by atomic mass is 16.6. The van der Waals surface area contributed by atoms with Crippen molar-refractivity contribution >= 4 is 12.0 Å². The van der Waals surface area contributed by atoms with Crippen LogP contribution in [0.4, 0.5) is 4.79 Å². The Bertz CT molecular complexity index is 364. The minimum atomic E-state index is -0.459. The van der Waals surface area contributed by atoms with E-state index in [2.05, 4.69) is 5.32 Å². The van der Waals surface area contributed by atoms with Crippen LogP contribution in [0.3, 0.4) is 0 Å². The Labute approximate surface area is 127 Å². The smallest absolute Gasteiger partial charge is 0.410 e. The lowest BCUT2D eigenvalue weighted by Crippen LogP contribution is -2.40. The summed E-state index contributed by atoms with van der Waals surface area (Å²) in [6.07, 6.45) is 2.50. The number of amides is 2. The van der Waals surface area contributed by atoms with Crippen molar-refractivity contribution in [2.75, 3.05) is 33.7 Å². The van der Waals surface area contributed by atoms with Crippen LogP contribution in [0, 0.1) is 0 Å². The first kappa shape index (κ1) is 17.8. The Morgan fingerprint density at radius 3 is 2.48 bits per heavy atom. The maximum Gasteiger partial charge on any atom is 0.410 e. The van der Waals surface area contributed by atoms with Gasteiger partial charge in [-0.15, -0.1) is 0 Å². The predicted octanol–water partition coefficient (Wildman–Crippen LogP) is 1.45. The number of carbonyl (C=O) groups is 2. The summed E-state index contributed by atoms with van der Waals surface area (Å²) in [6, 6.07) is 0.279. The van der Waals surface area contributed by atoms with E-state index in [9.17, 15) is 9.59 Å². The zero-order valence-corrected chi connectivity index (χ0v) is 13.9. The van der Waals surface area contributed by atoms with Crippen LogP contribution >= 0.6 is 0 Å². The summed E-state index contributed by atoms with van der Waals surface area (Å²) >= 11 is 0. The molecule has 6 nitrogen and oxygen atoms in total. The van der Waals surface area contributed by atoms with Gasteiger partial charge in [0.1, 0.15) is 5.60 Å². The summed E-state index contributed by atoms with van der Waals surface area (Å²) in [5, 5.41) is 3.28. The van der Waals surface area contributed by atoms with Crippen LogP contribution in [0.25, 0.3) is 0 Å². The fourth-order valence-electron chi connectivity index (χ4n) is 2.20. The number of rotatable bonds is 3. The predicted molar refractivity (Wildman–Crippen MR) is 82.1 cm³/mol. The van der Waals surface area contributed by atoms with E-state index in [1.807, 2.05) is 20.8 Å². The van der Waals surface area contributed by atoms with Crippen LogP contribution < -0.4 is 5.32 Å². The second-order valence-corrected chi connectivity index (χ2v) is 6.76. The number of likely N-dealkylation sites (tertiary alicyclic amines) is 1. The van der Waals surface area contributed by atoms with Crippen LogP contribution in [0.5, 0.6) is 0 Å². The Balaban J connectivity index is 2.40. The summed E-state index contributed by atoms with van der Waals surface area (Å²) in [5.74, 6) is 0.0724. The topological polar surface area (TPSA) is 61.9 Å². The second-order valence-electron chi connectivity index (χ2n) is 6.76.